The first kappa shape index (κ1) is 13.3. The Morgan fingerprint density at radius 2 is 2.42 bits per heavy atom. The average molecular weight is 296 g/mol. The van der Waals surface area contributed by atoms with E-state index < -0.39 is 0 Å². The second-order valence-corrected chi connectivity index (χ2v) is 7.36. The van der Waals surface area contributed by atoms with Gasteiger partial charge >= 0.3 is 0 Å². The maximum Gasteiger partial charge on any atom is 0.160 e. The van der Waals surface area contributed by atoms with Crippen molar-refractivity contribution in [3.05, 3.63) is 24.2 Å². The predicted octanol–water partition coefficient (Wildman–Crippen LogP) is 3.50. The van der Waals surface area contributed by atoms with Crippen molar-refractivity contribution in [2.24, 2.45) is 0 Å². The van der Waals surface area contributed by atoms with E-state index in [0.29, 0.717) is 10.6 Å². The van der Waals surface area contributed by atoms with Gasteiger partial charge < -0.3 is 4.57 Å². The lowest BCUT2D eigenvalue weighted by Gasteiger charge is -2.24. The van der Waals surface area contributed by atoms with Crippen molar-refractivity contribution in [1.82, 2.24) is 14.5 Å². The molecule has 1 saturated heterocycles. The molecular formula is C14H18ClN3S. The predicted molar refractivity (Wildman–Crippen MR) is 82.0 cm³/mol. The third-order valence-electron chi connectivity index (χ3n) is 3.69. The van der Waals surface area contributed by atoms with Crippen LogP contribution in [0.1, 0.15) is 25.6 Å². The topological polar surface area (TPSA) is 30.7 Å². The van der Waals surface area contributed by atoms with Crippen LogP contribution in [0.25, 0.3) is 11.2 Å². The standard InChI is InChI=1S/C14H18ClN3S/c1-14(6-3-9-19-14)10-18-12(5-7-15)17-11-4-2-8-16-13(11)18/h2,4,8H,3,5-7,9-10H2,1H3. The molecule has 0 amide bonds. The summed E-state index contributed by atoms with van der Waals surface area (Å²) >= 11 is 7.98. The van der Waals surface area contributed by atoms with Crippen LogP contribution in [0.3, 0.4) is 0 Å². The number of hydrogen-bond acceptors (Lipinski definition) is 3. The molecule has 0 aliphatic carbocycles. The first-order valence-corrected chi connectivity index (χ1v) is 8.24. The van der Waals surface area contributed by atoms with E-state index in [0.717, 1.165) is 30.0 Å². The van der Waals surface area contributed by atoms with Crippen LogP contribution in [0, 0.1) is 0 Å². The molecule has 0 bridgehead atoms. The Balaban J connectivity index is 2.01. The monoisotopic (exact) mass is 295 g/mol. The van der Waals surface area contributed by atoms with Crippen molar-refractivity contribution in [2.75, 3.05) is 11.6 Å². The second kappa shape index (κ2) is 5.33. The van der Waals surface area contributed by atoms with Gasteiger partial charge in [0.25, 0.3) is 0 Å². The Kier molecular flexibility index (Phi) is 3.72. The summed E-state index contributed by atoms with van der Waals surface area (Å²) in [6, 6.07) is 3.97. The summed E-state index contributed by atoms with van der Waals surface area (Å²) in [5, 5.41) is 0. The minimum atomic E-state index is 0.312. The van der Waals surface area contributed by atoms with Crippen molar-refractivity contribution < 1.29 is 0 Å². The number of pyridine rings is 1. The molecule has 0 radical (unpaired) electrons. The zero-order chi connectivity index (χ0) is 13.3. The van der Waals surface area contributed by atoms with Crippen LogP contribution in [-0.2, 0) is 13.0 Å². The molecular weight excluding hydrogens is 278 g/mol. The number of fused-ring (bicyclic) bond motifs is 1. The van der Waals surface area contributed by atoms with Crippen molar-refractivity contribution in [3.8, 4) is 0 Å². The molecule has 3 nitrogen and oxygen atoms in total. The molecule has 0 aromatic carbocycles. The normalized spacial score (nSPS) is 23.3. The molecule has 1 unspecified atom stereocenters. The number of alkyl halides is 1. The summed E-state index contributed by atoms with van der Waals surface area (Å²) in [5.41, 5.74) is 1.98. The van der Waals surface area contributed by atoms with Gasteiger partial charge in [0, 0.05) is 29.8 Å². The molecule has 1 aliphatic heterocycles. The van der Waals surface area contributed by atoms with Gasteiger partial charge in [0.1, 0.15) is 11.3 Å². The number of aromatic nitrogens is 3. The molecule has 102 valence electrons. The number of thioether (sulfide) groups is 1. The molecule has 1 fully saturated rings. The third-order valence-corrected chi connectivity index (χ3v) is 5.41. The van der Waals surface area contributed by atoms with Crippen LogP contribution in [0.5, 0.6) is 0 Å². The quantitative estimate of drug-likeness (QED) is 0.809. The second-order valence-electron chi connectivity index (χ2n) is 5.30. The van der Waals surface area contributed by atoms with Crippen molar-refractivity contribution >= 4 is 34.5 Å². The molecule has 5 heteroatoms. The van der Waals surface area contributed by atoms with E-state index in [1.165, 1.54) is 18.6 Å². The Morgan fingerprint density at radius 3 is 3.16 bits per heavy atom. The molecule has 0 N–H and O–H groups in total. The summed E-state index contributed by atoms with van der Waals surface area (Å²) < 4.78 is 2.59. The van der Waals surface area contributed by atoms with E-state index in [-0.39, 0.29) is 0 Å². The highest BCUT2D eigenvalue weighted by Crippen LogP contribution is 2.39. The number of nitrogens with zero attached hydrogens (tertiary/aromatic N) is 3. The number of rotatable bonds is 4. The molecule has 0 saturated carbocycles. The van der Waals surface area contributed by atoms with E-state index in [9.17, 15) is 0 Å². The molecule has 0 spiro atoms. The number of hydrogen-bond donors (Lipinski definition) is 0. The molecule has 1 aliphatic rings. The lowest BCUT2D eigenvalue weighted by Crippen LogP contribution is -2.25. The number of halogens is 1. The van der Waals surface area contributed by atoms with Crippen molar-refractivity contribution in [1.29, 1.82) is 0 Å². The van der Waals surface area contributed by atoms with Crippen LogP contribution in [0.15, 0.2) is 18.3 Å². The van der Waals surface area contributed by atoms with Gasteiger partial charge in [-0.2, -0.15) is 11.8 Å². The van der Waals surface area contributed by atoms with Crippen molar-refractivity contribution in [3.63, 3.8) is 0 Å². The zero-order valence-electron chi connectivity index (χ0n) is 11.1. The van der Waals surface area contributed by atoms with Crippen LogP contribution in [0.2, 0.25) is 0 Å². The lowest BCUT2D eigenvalue weighted by molar-refractivity contribution is 0.505. The summed E-state index contributed by atoms with van der Waals surface area (Å²) in [6.07, 6.45) is 5.23. The van der Waals surface area contributed by atoms with Crippen LogP contribution >= 0.6 is 23.4 Å². The first-order chi connectivity index (χ1) is 9.22. The fourth-order valence-electron chi connectivity index (χ4n) is 2.74. The van der Waals surface area contributed by atoms with E-state index in [1.807, 2.05) is 18.3 Å². The van der Waals surface area contributed by atoms with Gasteiger partial charge in [0.15, 0.2) is 5.65 Å². The fourth-order valence-corrected chi connectivity index (χ4v) is 4.20. The maximum absolute atomic E-state index is 5.91. The van der Waals surface area contributed by atoms with Gasteiger partial charge in [-0.25, -0.2) is 9.97 Å². The number of imidazole rings is 1. The molecule has 3 rings (SSSR count). The van der Waals surface area contributed by atoms with Gasteiger partial charge in [0.05, 0.1) is 0 Å². The van der Waals surface area contributed by atoms with Gasteiger partial charge in [-0.1, -0.05) is 0 Å². The summed E-state index contributed by atoms with van der Waals surface area (Å²) in [7, 11) is 0. The Bertz CT molecular complexity index is 575. The summed E-state index contributed by atoms with van der Waals surface area (Å²) in [5.74, 6) is 2.94. The van der Waals surface area contributed by atoms with E-state index in [4.69, 9.17) is 11.6 Å². The molecule has 2 aromatic rings. The summed E-state index contributed by atoms with van der Waals surface area (Å²) in [6.45, 7) is 3.33. The minimum Gasteiger partial charge on any atom is -0.311 e. The minimum absolute atomic E-state index is 0.312. The fraction of sp³-hybridized carbons (Fsp3) is 0.571. The highest BCUT2D eigenvalue weighted by atomic mass is 35.5. The molecule has 3 heterocycles. The average Bonchev–Trinajstić information content (AvgIpc) is 2.97. The highest BCUT2D eigenvalue weighted by molar-refractivity contribution is 8.00. The van der Waals surface area contributed by atoms with E-state index >= 15 is 0 Å². The first-order valence-electron chi connectivity index (χ1n) is 6.72. The summed E-state index contributed by atoms with van der Waals surface area (Å²) in [4.78, 5) is 9.19. The molecule has 1 atom stereocenters. The highest BCUT2D eigenvalue weighted by Gasteiger charge is 2.31. The van der Waals surface area contributed by atoms with Gasteiger partial charge in [-0.3, -0.25) is 0 Å². The van der Waals surface area contributed by atoms with E-state index in [1.54, 1.807) is 0 Å². The van der Waals surface area contributed by atoms with Crippen molar-refractivity contribution in [2.45, 2.75) is 37.5 Å². The molecule has 2 aromatic heterocycles. The van der Waals surface area contributed by atoms with Crippen LogP contribution < -0.4 is 0 Å². The van der Waals surface area contributed by atoms with Gasteiger partial charge in [-0.15, -0.1) is 11.6 Å². The lowest BCUT2D eigenvalue weighted by atomic mass is 10.1. The Hall–Kier alpha value is -0.740. The van der Waals surface area contributed by atoms with Crippen LogP contribution in [-0.4, -0.2) is 30.9 Å². The SMILES string of the molecule is CC1(Cn2c(CCCl)nc3cccnc32)CCCS1. The Morgan fingerprint density at radius 1 is 1.53 bits per heavy atom. The van der Waals surface area contributed by atoms with E-state index in [2.05, 4.69) is 33.2 Å². The van der Waals surface area contributed by atoms with Gasteiger partial charge in [-0.05, 0) is 37.7 Å². The molecule has 19 heavy (non-hydrogen) atoms. The van der Waals surface area contributed by atoms with Gasteiger partial charge in [0.2, 0.25) is 0 Å². The maximum atomic E-state index is 5.91. The number of aryl methyl sites for hydroxylation is 1. The third kappa shape index (κ3) is 2.61. The largest absolute Gasteiger partial charge is 0.311 e. The van der Waals surface area contributed by atoms with Crippen LogP contribution in [0.4, 0.5) is 0 Å². The smallest absolute Gasteiger partial charge is 0.160 e. The zero-order valence-corrected chi connectivity index (χ0v) is 12.7. The Labute approximate surface area is 122 Å².